The largest absolute Gasteiger partial charge is 0.465 e. The minimum Gasteiger partial charge on any atom is -0.465 e. The number of nitro benzene ring substituents is 1. The summed E-state index contributed by atoms with van der Waals surface area (Å²) in [6, 6.07) is 4.62. The van der Waals surface area contributed by atoms with Crippen LogP contribution in [-0.4, -0.2) is 27.5 Å². The van der Waals surface area contributed by atoms with Crippen LogP contribution in [0, 0.1) is 10.1 Å². The molecule has 8 heteroatoms. The van der Waals surface area contributed by atoms with Gasteiger partial charge >= 0.3 is 5.97 Å². The molecule has 0 saturated carbocycles. The predicted octanol–water partition coefficient (Wildman–Crippen LogP) is 1.47. The molecule has 0 aliphatic carbocycles. The van der Waals surface area contributed by atoms with Crippen molar-refractivity contribution in [2.45, 2.75) is 19.9 Å². The van der Waals surface area contributed by atoms with E-state index in [1.165, 1.54) is 18.2 Å². The summed E-state index contributed by atoms with van der Waals surface area (Å²) in [4.78, 5) is 22.1. The molecule has 2 unspecified atom stereocenters. The van der Waals surface area contributed by atoms with Crippen LogP contribution < -0.4 is 4.72 Å². The molecule has 0 aromatic heterocycles. The minimum atomic E-state index is -1.42. The van der Waals surface area contributed by atoms with Crippen molar-refractivity contribution in [3.63, 3.8) is 0 Å². The first-order chi connectivity index (χ1) is 9.49. The standard InChI is InChI=1S/C12H16N2O5S/c1-3-19-12(15)11(13-20(18)4-2)9-6-5-7-10(8-9)14(16)17/h5-8,11,13H,3-4H2,1-2H3. The van der Waals surface area contributed by atoms with Crippen molar-refractivity contribution in [3.05, 3.63) is 39.9 Å². The predicted molar refractivity (Wildman–Crippen MR) is 74.3 cm³/mol. The van der Waals surface area contributed by atoms with Crippen LogP contribution in [-0.2, 0) is 20.5 Å². The van der Waals surface area contributed by atoms with Crippen molar-refractivity contribution in [2.24, 2.45) is 0 Å². The van der Waals surface area contributed by atoms with Crippen LogP contribution in [0.25, 0.3) is 0 Å². The van der Waals surface area contributed by atoms with Crippen molar-refractivity contribution >= 4 is 22.6 Å². The zero-order chi connectivity index (χ0) is 15.1. The van der Waals surface area contributed by atoms with E-state index < -0.39 is 27.9 Å². The molecule has 110 valence electrons. The molecule has 0 amide bonds. The molecule has 0 radical (unpaired) electrons. The third-order valence-corrected chi connectivity index (χ3v) is 3.47. The maximum absolute atomic E-state index is 11.9. The van der Waals surface area contributed by atoms with E-state index in [0.29, 0.717) is 11.3 Å². The smallest absolute Gasteiger partial charge is 0.328 e. The van der Waals surface area contributed by atoms with Crippen LogP contribution in [0.2, 0.25) is 0 Å². The SMILES string of the molecule is CCOC(=O)C(NS(=O)CC)c1cccc([N+](=O)[O-])c1. The van der Waals surface area contributed by atoms with Gasteiger partial charge in [-0.3, -0.25) is 10.1 Å². The highest BCUT2D eigenvalue weighted by Crippen LogP contribution is 2.21. The number of nitrogens with zero attached hydrogens (tertiary/aromatic N) is 1. The number of hydrogen-bond donors (Lipinski definition) is 1. The maximum Gasteiger partial charge on any atom is 0.328 e. The molecule has 0 aliphatic rings. The first kappa shape index (κ1) is 16.3. The number of hydrogen-bond acceptors (Lipinski definition) is 5. The highest BCUT2D eigenvalue weighted by Gasteiger charge is 2.25. The second kappa shape index (κ2) is 7.71. The number of rotatable bonds is 7. The van der Waals surface area contributed by atoms with Crippen molar-refractivity contribution in [1.82, 2.24) is 4.72 Å². The second-order valence-electron chi connectivity index (χ2n) is 3.79. The van der Waals surface area contributed by atoms with Crippen molar-refractivity contribution in [3.8, 4) is 0 Å². The molecule has 0 aliphatic heterocycles. The van der Waals surface area contributed by atoms with Crippen molar-refractivity contribution in [2.75, 3.05) is 12.4 Å². The zero-order valence-electron chi connectivity index (χ0n) is 11.2. The van der Waals surface area contributed by atoms with Gasteiger partial charge in [0.05, 0.1) is 22.5 Å². The van der Waals surface area contributed by atoms with E-state index in [0.717, 1.165) is 0 Å². The number of non-ortho nitro benzene ring substituents is 1. The van der Waals surface area contributed by atoms with Crippen LogP contribution in [0.15, 0.2) is 24.3 Å². The summed E-state index contributed by atoms with van der Waals surface area (Å²) in [7, 11) is -1.42. The van der Waals surface area contributed by atoms with Gasteiger partial charge in [-0.2, -0.15) is 0 Å². The second-order valence-corrected chi connectivity index (χ2v) is 5.29. The Morgan fingerprint density at radius 2 is 2.20 bits per heavy atom. The molecule has 20 heavy (non-hydrogen) atoms. The van der Waals surface area contributed by atoms with Gasteiger partial charge in [0.2, 0.25) is 0 Å². The number of carbonyl (C=O) groups is 1. The van der Waals surface area contributed by atoms with E-state index in [-0.39, 0.29) is 12.3 Å². The van der Waals surface area contributed by atoms with E-state index in [2.05, 4.69) is 4.72 Å². The Kier molecular flexibility index (Phi) is 6.26. The van der Waals surface area contributed by atoms with Crippen LogP contribution in [0.4, 0.5) is 5.69 Å². The quantitative estimate of drug-likeness (QED) is 0.467. The highest BCUT2D eigenvalue weighted by molar-refractivity contribution is 7.83. The topological polar surface area (TPSA) is 98.5 Å². The number of benzene rings is 1. The first-order valence-corrected chi connectivity index (χ1v) is 7.37. The molecule has 0 bridgehead atoms. The fourth-order valence-corrected chi connectivity index (χ4v) is 2.17. The summed E-state index contributed by atoms with van der Waals surface area (Å²) in [5.74, 6) is -0.306. The van der Waals surface area contributed by atoms with E-state index in [4.69, 9.17) is 4.74 Å². The molecule has 0 spiro atoms. The zero-order valence-corrected chi connectivity index (χ0v) is 12.0. The molecule has 1 aromatic carbocycles. The summed E-state index contributed by atoms with van der Waals surface area (Å²) < 4.78 is 19.1. The van der Waals surface area contributed by atoms with Gasteiger partial charge in [-0.25, -0.2) is 13.7 Å². The average Bonchev–Trinajstić information content (AvgIpc) is 2.44. The Bertz CT molecular complexity index is 520. The third kappa shape index (κ3) is 4.39. The molecule has 0 fully saturated rings. The molecular weight excluding hydrogens is 284 g/mol. The molecule has 0 heterocycles. The van der Waals surface area contributed by atoms with E-state index in [9.17, 15) is 19.1 Å². The lowest BCUT2D eigenvalue weighted by molar-refractivity contribution is -0.384. The lowest BCUT2D eigenvalue weighted by Crippen LogP contribution is -2.32. The lowest BCUT2D eigenvalue weighted by Gasteiger charge is -2.16. The van der Waals surface area contributed by atoms with Gasteiger partial charge in [0.25, 0.3) is 5.69 Å². The number of nitrogens with one attached hydrogen (secondary N) is 1. The van der Waals surface area contributed by atoms with Gasteiger partial charge < -0.3 is 4.74 Å². The van der Waals surface area contributed by atoms with Crippen LogP contribution in [0.1, 0.15) is 25.5 Å². The monoisotopic (exact) mass is 300 g/mol. The van der Waals surface area contributed by atoms with Gasteiger partial charge in [0.15, 0.2) is 0 Å². The van der Waals surface area contributed by atoms with Gasteiger partial charge in [-0.1, -0.05) is 19.1 Å². The Morgan fingerprint density at radius 1 is 1.50 bits per heavy atom. The Labute approximate surface area is 119 Å². The summed E-state index contributed by atoms with van der Waals surface area (Å²) in [6.45, 7) is 3.52. The molecule has 1 aromatic rings. The third-order valence-electron chi connectivity index (χ3n) is 2.45. The van der Waals surface area contributed by atoms with Crippen molar-refractivity contribution in [1.29, 1.82) is 0 Å². The molecule has 1 rings (SSSR count). The Morgan fingerprint density at radius 3 is 2.75 bits per heavy atom. The molecule has 2 atom stereocenters. The normalized spacial score (nSPS) is 13.5. The fourth-order valence-electron chi connectivity index (χ4n) is 1.51. The molecular formula is C12H16N2O5S. The lowest BCUT2D eigenvalue weighted by atomic mass is 10.1. The highest BCUT2D eigenvalue weighted by atomic mass is 32.2. The first-order valence-electron chi connectivity index (χ1n) is 6.05. The van der Waals surface area contributed by atoms with Crippen LogP contribution in [0.3, 0.4) is 0 Å². The summed E-state index contributed by atoms with van der Waals surface area (Å²) in [5.41, 5.74) is 0.209. The number of carbonyl (C=O) groups excluding carboxylic acids is 1. The maximum atomic E-state index is 11.9. The van der Waals surface area contributed by atoms with Gasteiger partial charge in [0.1, 0.15) is 6.04 Å². The Balaban J connectivity index is 3.08. The minimum absolute atomic E-state index is 0.138. The van der Waals surface area contributed by atoms with Gasteiger partial charge in [-0.15, -0.1) is 0 Å². The average molecular weight is 300 g/mol. The molecule has 1 N–H and O–H groups in total. The summed E-state index contributed by atoms with van der Waals surface area (Å²) in [6.07, 6.45) is 0. The molecule has 0 saturated heterocycles. The van der Waals surface area contributed by atoms with Gasteiger partial charge in [0, 0.05) is 17.9 Å². The Hall–Kier alpha value is -1.80. The summed E-state index contributed by atoms with van der Waals surface area (Å²) >= 11 is 0. The van der Waals surface area contributed by atoms with E-state index in [1.807, 2.05) is 0 Å². The van der Waals surface area contributed by atoms with E-state index >= 15 is 0 Å². The molecule has 7 nitrogen and oxygen atoms in total. The fraction of sp³-hybridized carbons (Fsp3) is 0.417. The number of ether oxygens (including phenoxy) is 1. The van der Waals surface area contributed by atoms with Crippen LogP contribution >= 0.6 is 0 Å². The van der Waals surface area contributed by atoms with E-state index in [1.54, 1.807) is 19.9 Å². The number of nitro groups is 1. The number of esters is 1. The van der Waals surface area contributed by atoms with Gasteiger partial charge in [-0.05, 0) is 12.5 Å². The summed E-state index contributed by atoms with van der Waals surface area (Å²) in [5, 5.41) is 10.8. The van der Waals surface area contributed by atoms with Crippen LogP contribution in [0.5, 0.6) is 0 Å². The van der Waals surface area contributed by atoms with Crippen molar-refractivity contribution < 1.29 is 18.7 Å².